The van der Waals surface area contributed by atoms with Gasteiger partial charge in [-0.05, 0) is 18.2 Å². The molecule has 0 bridgehead atoms. The number of nitrogens with two attached hydrogens (primary N) is 1. The van der Waals surface area contributed by atoms with Crippen LogP contribution in [0, 0.1) is 0 Å². The van der Waals surface area contributed by atoms with Crippen molar-refractivity contribution in [3.05, 3.63) is 53.2 Å². The Kier molecular flexibility index (Phi) is 3.61. The highest BCUT2D eigenvalue weighted by molar-refractivity contribution is 5.33. The molecule has 0 saturated carbocycles. The van der Waals surface area contributed by atoms with Crippen LogP contribution in [0.2, 0.25) is 0 Å². The van der Waals surface area contributed by atoms with Gasteiger partial charge < -0.3 is 10.2 Å². The Hall–Kier alpha value is -1.82. The molecular formula is C13H13F3N2O. The van der Waals surface area contributed by atoms with Crippen LogP contribution in [-0.4, -0.2) is 4.98 Å². The molecule has 19 heavy (non-hydrogen) atoms. The van der Waals surface area contributed by atoms with Crippen LogP contribution in [0.25, 0.3) is 0 Å². The van der Waals surface area contributed by atoms with Crippen LogP contribution in [0.4, 0.5) is 13.2 Å². The molecule has 0 aromatic carbocycles. The van der Waals surface area contributed by atoms with Gasteiger partial charge in [-0.1, -0.05) is 6.92 Å². The summed E-state index contributed by atoms with van der Waals surface area (Å²) in [5.41, 5.74) is 4.97. The summed E-state index contributed by atoms with van der Waals surface area (Å²) < 4.78 is 44.0. The van der Waals surface area contributed by atoms with Gasteiger partial charge in [0.2, 0.25) is 0 Å². The van der Waals surface area contributed by atoms with Crippen LogP contribution >= 0.6 is 0 Å². The second-order valence-electron chi connectivity index (χ2n) is 4.10. The van der Waals surface area contributed by atoms with Gasteiger partial charge in [0, 0.05) is 24.4 Å². The molecule has 2 heterocycles. The van der Waals surface area contributed by atoms with Crippen molar-refractivity contribution in [1.29, 1.82) is 0 Å². The summed E-state index contributed by atoms with van der Waals surface area (Å²) in [5.74, 6) is 0.984. The van der Waals surface area contributed by atoms with Crippen molar-refractivity contribution in [2.75, 3.05) is 0 Å². The number of pyridine rings is 1. The number of halogens is 3. The zero-order valence-electron chi connectivity index (χ0n) is 10.2. The van der Waals surface area contributed by atoms with Crippen LogP contribution in [-0.2, 0) is 12.6 Å². The van der Waals surface area contributed by atoms with Crippen molar-refractivity contribution in [3.63, 3.8) is 0 Å². The SMILES string of the molecule is CCc1ccc(C(N)c2cnccc2C(F)(F)F)o1. The molecule has 0 fully saturated rings. The first kappa shape index (κ1) is 13.6. The van der Waals surface area contributed by atoms with E-state index in [9.17, 15) is 13.2 Å². The lowest BCUT2D eigenvalue weighted by atomic mass is 10.0. The molecule has 1 unspecified atom stereocenters. The predicted molar refractivity (Wildman–Crippen MR) is 63.4 cm³/mol. The van der Waals surface area contributed by atoms with Crippen LogP contribution in [0.1, 0.15) is 35.6 Å². The van der Waals surface area contributed by atoms with Crippen LogP contribution in [0.3, 0.4) is 0 Å². The van der Waals surface area contributed by atoms with Gasteiger partial charge in [0.05, 0.1) is 11.6 Å². The maximum absolute atomic E-state index is 12.9. The fourth-order valence-corrected chi connectivity index (χ4v) is 1.82. The summed E-state index contributed by atoms with van der Waals surface area (Å²) in [6.45, 7) is 1.89. The average molecular weight is 270 g/mol. The Balaban J connectivity index is 2.41. The molecule has 2 N–H and O–H groups in total. The number of rotatable bonds is 3. The van der Waals surface area contributed by atoms with Crippen molar-refractivity contribution >= 4 is 0 Å². The highest BCUT2D eigenvalue weighted by atomic mass is 19.4. The largest absolute Gasteiger partial charge is 0.464 e. The zero-order chi connectivity index (χ0) is 14.0. The number of aromatic nitrogens is 1. The van der Waals surface area contributed by atoms with Crippen LogP contribution in [0.5, 0.6) is 0 Å². The summed E-state index contributed by atoms with van der Waals surface area (Å²) in [4.78, 5) is 3.71. The van der Waals surface area contributed by atoms with Crippen molar-refractivity contribution in [1.82, 2.24) is 4.98 Å². The fourth-order valence-electron chi connectivity index (χ4n) is 1.82. The molecule has 1 atom stereocenters. The molecule has 3 nitrogen and oxygen atoms in total. The van der Waals surface area contributed by atoms with E-state index in [2.05, 4.69) is 4.98 Å². The molecule has 0 aliphatic heterocycles. The van der Waals surface area contributed by atoms with E-state index in [1.165, 1.54) is 0 Å². The molecule has 2 aromatic heterocycles. The Morgan fingerprint density at radius 2 is 2.05 bits per heavy atom. The Labute approximate surface area is 108 Å². The smallest absolute Gasteiger partial charge is 0.416 e. The first-order valence-corrected chi connectivity index (χ1v) is 5.78. The van der Waals surface area contributed by atoms with Crippen LogP contribution < -0.4 is 5.73 Å². The van der Waals surface area contributed by atoms with Gasteiger partial charge in [-0.2, -0.15) is 13.2 Å². The quantitative estimate of drug-likeness (QED) is 0.931. The summed E-state index contributed by atoms with van der Waals surface area (Å²) in [6, 6.07) is 3.24. The third-order valence-electron chi connectivity index (χ3n) is 2.83. The molecule has 2 rings (SSSR count). The van der Waals surface area contributed by atoms with Gasteiger partial charge in [-0.25, -0.2) is 0 Å². The molecule has 2 aromatic rings. The van der Waals surface area contributed by atoms with Gasteiger partial charge in [-0.15, -0.1) is 0 Å². The molecule has 0 saturated heterocycles. The summed E-state index contributed by atoms with van der Waals surface area (Å²) in [5, 5.41) is 0. The number of nitrogens with zero attached hydrogens (tertiary/aromatic N) is 1. The normalized spacial score (nSPS) is 13.5. The van der Waals surface area contributed by atoms with Gasteiger partial charge >= 0.3 is 6.18 Å². The molecule has 0 amide bonds. The highest BCUT2D eigenvalue weighted by Crippen LogP contribution is 2.35. The third-order valence-corrected chi connectivity index (χ3v) is 2.83. The van der Waals surface area contributed by atoms with Crippen molar-refractivity contribution in [2.24, 2.45) is 5.73 Å². The first-order valence-electron chi connectivity index (χ1n) is 5.78. The average Bonchev–Trinajstić information content (AvgIpc) is 2.85. The van der Waals surface area contributed by atoms with Gasteiger partial charge in [0.1, 0.15) is 11.5 Å². The molecule has 0 aliphatic rings. The molecule has 0 radical (unpaired) electrons. The topological polar surface area (TPSA) is 52.0 Å². The Morgan fingerprint density at radius 3 is 2.63 bits per heavy atom. The minimum absolute atomic E-state index is 0.0907. The molecule has 102 valence electrons. The van der Waals surface area contributed by atoms with E-state index >= 15 is 0 Å². The second kappa shape index (κ2) is 5.05. The number of aryl methyl sites for hydroxylation is 1. The Bertz CT molecular complexity index is 563. The van der Waals surface area contributed by atoms with Crippen LogP contribution in [0.15, 0.2) is 35.0 Å². The maximum Gasteiger partial charge on any atom is 0.416 e. The van der Waals surface area contributed by atoms with Gasteiger partial charge in [0.15, 0.2) is 0 Å². The molecule has 6 heteroatoms. The van der Waals surface area contributed by atoms with Crippen molar-refractivity contribution in [3.8, 4) is 0 Å². The van der Waals surface area contributed by atoms with E-state index in [0.29, 0.717) is 17.9 Å². The second-order valence-corrected chi connectivity index (χ2v) is 4.10. The van der Waals surface area contributed by atoms with E-state index in [4.69, 9.17) is 10.2 Å². The number of furan rings is 1. The van der Waals surface area contributed by atoms with Crippen molar-refractivity contribution < 1.29 is 17.6 Å². The standard InChI is InChI=1S/C13H13F3N2O/c1-2-8-3-4-11(19-8)12(17)9-7-18-6-5-10(9)13(14,15)16/h3-7,12H,2,17H2,1H3. The van der Waals surface area contributed by atoms with Gasteiger partial charge in [0.25, 0.3) is 0 Å². The zero-order valence-corrected chi connectivity index (χ0v) is 10.2. The summed E-state index contributed by atoms with van der Waals surface area (Å²) in [6.07, 6.45) is -1.58. The van der Waals surface area contributed by atoms with E-state index in [1.807, 2.05) is 6.92 Å². The van der Waals surface area contributed by atoms with Crippen molar-refractivity contribution in [2.45, 2.75) is 25.6 Å². The monoisotopic (exact) mass is 270 g/mol. The van der Waals surface area contributed by atoms with E-state index in [0.717, 1.165) is 18.5 Å². The number of hydrogen-bond acceptors (Lipinski definition) is 3. The maximum atomic E-state index is 12.9. The van der Waals surface area contributed by atoms with Gasteiger partial charge in [-0.3, -0.25) is 4.98 Å². The highest BCUT2D eigenvalue weighted by Gasteiger charge is 2.35. The lowest BCUT2D eigenvalue weighted by molar-refractivity contribution is -0.138. The fraction of sp³-hybridized carbons (Fsp3) is 0.308. The third kappa shape index (κ3) is 2.78. The molecule has 0 aliphatic carbocycles. The lowest BCUT2D eigenvalue weighted by Crippen LogP contribution is -2.18. The Morgan fingerprint density at radius 1 is 1.32 bits per heavy atom. The van der Waals surface area contributed by atoms with E-state index < -0.39 is 17.8 Å². The molecule has 0 spiro atoms. The number of alkyl halides is 3. The lowest BCUT2D eigenvalue weighted by Gasteiger charge is -2.16. The molecular weight excluding hydrogens is 257 g/mol. The summed E-state index contributed by atoms with van der Waals surface area (Å²) >= 11 is 0. The van der Waals surface area contributed by atoms with E-state index in [-0.39, 0.29) is 5.56 Å². The minimum Gasteiger partial charge on any atom is -0.464 e. The predicted octanol–water partition coefficient (Wildman–Crippen LogP) is 3.30. The summed E-state index contributed by atoms with van der Waals surface area (Å²) in [7, 11) is 0. The first-order chi connectivity index (χ1) is 8.93. The number of hydrogen-bond donors (Lipinski definition) is 1. The minimum atomic E-state index is -4.46. The van der Waals surface area contributed by atoms with E-state index in [1.54, 1.807) is 12.1 Å².